The lowest BCUT2D eigenvalue weighted by molar-refractivity contribution is 0.111. The van der Waals surface area contributed by atoms with Crippen LogP contribution >= 0.6 is 0 Å². The molecular formula is C33H29NO3. The van der Waals surface area contributed by atoms with Gasteiger partial charge in [0.2, 0.25) is 0 Å². The highest BCUT2D eigenvalue weighted by Gasteiger charge is 2.14. The molecule has 4 aromatic carbocycles. The normalized spacial score (nSPS) is 10.8. The fourth-order valence-electron chi connectivity index (χ4n) is 4.57. The summed E-state index contributed by atoms with van der Waals surface area (Å²) in [5, 5.41) is 0. The Balaban J connectivity index is 1.45. The second-order valence-electron chi connectivity index (χ2n) is 9.07. The first-order valence-electron chi connectivity index (χ1n) is 12.3. The van der Waals surface area contributed by atoms with E-state index in [0.717, 1.165) is 62.4 Å². The number of hydrogen-bond donors (Lipinski definition) is 1. The van der Waals surface area contributed by atoms with Crippen LogP contribution in [-0.2, 0) is 13.2 Å². The van der Waals surface area contributed by atoms with Crippen molar-refractivity contribution in [3.8, 4) is 33.8 Å². The van der Waals surface area contributed by atoms with Gasteiger partial charge in [-0.15, -0.1) is 0 Å². The molecule has 0 unspecified atom stereocenters. The molecule has 0 radical (unpaired) electrons. The second-order valence-corrected chi connectivity index (χ2v) is 9.07. The van der Waals surface area contributed by atoms with Crippen molar-refractivity contribution < 1.29 is 14.3 Å². The topological polar surface area (TPSA) is 51.3 Å². The molecule has 0 atom stereocenters. The molecule has 0 aliphatic heterocycles. The summed E-state index contributed by atoms with van der Waals surface area (Å²) in [6.45, 7) is 4.94. The van der Waals surface area contributed by atoms with Gasteiger partial charge in [-0.25, -0.2) is 0 Å². The van der Waals surface area contributed by atoms with E-state index in [2.05, 4.69) is 53.5 Å². The predicted octanol–water partition coefficient (Wildman–Crippen LogP) is 7.94. The van der Waals surface area contributed by atoms with Crippen molar-refractivity contribution in [1.82, 2.24) is 4.98 Å². The maximum atomic E-state index is 11.4. The van der Waals surface area contributed by atoms with Gasteiger partial charge < -0.3 is 14.5 Å². The molecule has 1 heterocycles. The molecule has 184 valence electrons. The zero-order valence-corrected chi connectivity index (χ0v) is 21.0. The van der Waals surface area contributed by atoms with Crippen molar-refractivity contribution in [3.05, 3.63) is 131 Å². The van der Waals surface area contributed by atoms with Crippen LogP contribution in [0.1, 0.15) is 32.9 Å². The van der Waals surface area contributed by atoms with E-state index in [0.29, 0.717) is 18.9 Å². The predicted molar refractivity (Wildman–Crippen MR) is 148 cm³/mol. The monoisotopic (exact) mass is 487 g/mol. The van der Waals surface area contributed by atoms with Crippen LogP contribution in [0.3, 0.4) is 0 Å². The standard InChI is InChI=1S/C33H29NO3/c1-23-31(20-35)34-24(2)33(23)28-15-13-27(14-16-28)30-19-29(36-21-25-9-5-3-6-10-25)17-18-32(30)37-22-26-11-7-4-8-12-26/h3-20,34H,21-22H2,1-2H3. The van der Waals surface area contributed by atoms with E-state index in [1.54, 1.807) is 0 Å². The summed E-state index contributed by atoms with van der Waals surface area (Å²) in [6.07, 6.45) is 0.873. The Morgan fingerprint density at radius 1 is 0.703 bits per heavy atom. The lowest BCUT2D eigenvalue weighted by Crippen LogP contribution is -1.99. The molecule has 5 aromatic rings. The van der Waals surface area contributed by atoms with Gasteiger partial charge in [-0.3, -0.25) is 4.79 Å². The minimum atomic E-state index is 0.479. The molecule has 0 fully saturated rings. The highest BCUT2D eigenvalue weighted by Crippen LogP contribution is 2.36. The van der Waals surface area contributed by atoms with E-state index in [4.69, 9.17) is 9.47 Å². The zero-order valence-electron chi connectivity index (χ0n) is 21.0. The average Bonchev–Trinajstić information content (AvgIpc) is 3.24. The first-order valence-corrected chi connectivity index (χ1v) is 12.3. The van der Waals surface area contributed by atoms with E-state index in [9.17, 15) is 4.79 Å². The van der Waals surface area contributed by atoms with E-state index < -0.39 is 0 Å². The van der Waals surface area contributed by atoms with Crippen LogP contribution in [0.5, 0.6) is 11.5 Å². The van der Waals surface area contributed by atoms with Crippen LogP contribution in [0.15, 0.2) is 103 Å². The lowest BCUT2D eigenvalue weighted by Gasteiger charge is -2.15. The molecule has 0 spiro atoms. The van der Waals surface area contributed by atoms with Crippen molar-refractivity contribution in [2.24, 2.45) is 0 Å². The van der Waals surface area contributed by atoms with E-state index in [1.165, 1.54) is 0 Å². The van der Waals surface area contributed by atoms with Crippen LogP contribution in [0.4, 0.5) is 0 Å². The molecular weight excluding hydrogens is 458 g/mol. The Morgan fingerprint density at radius 3 is 1.89 bits per heavy atom. The van der Waals surface area contributed by atoms with E-state index in [1.807, 2.05) is 68.4 Å². The Bertz CT molecular complexity index is 1490. The SMILES string of the molecule is Cc1[nH]c(C=O)c(C)c1-c1ccc(-c2cc(OCc3ccccc3)ccc2OCc2ccccc2)cc1. The minimum absolute atomic E-state index is 0.479. The molecule has 5 rings (SSSR count). The summed E-state index contributed by atoms with van der Waals surface area (Å²) < 4.78 is 12.4. The fourth-order valence-corrected chi connectivity index (χ4v) is 4.57. The van der Waals surface area contributed by atoms with Gasteiger partial charge in [0.25, 0.3) is 0 Å². The number of hydrogen-bond acceptors (Lipinski definition) is 3. The largest absolute Gasteiger partial charge is 0.489 e. The zero-order chi connectivity index (χ0) is 25.6. The van der Waals surface area contributed by atoms with Gasteiger partial charge in [-0.05, 0) is 59.9 Å². The number of carbonyl (C=O) groups is 1. The van der Waals surface area contributed by atoms with Crippen LogP contribution < -0.4 is 9.47 Å². The number of aromatic amines is 1. The van der Waals surface area contributed by atoms with Crippen LogP contribution in [0, 0.1) is 13.8 Å². The first kappa shape index (κ1) is 24.1. The number of ether oxygens (including phenoxy) is 2. The first-order chi connectivity index (χ1) is 18.1. The molecule has 37 heavy (non-hydrogen) atoms. The summed E-state index contributed by atoms with van der Waals surface area (Å²) in [7, 11) is 0. The highest BCUT2D eigenvalue weighted by molar-refractivity contribution is 5.84. The molecule has 1 aromatic heterocycles. The van der Waals surface area contributed by atoms with Crippen molar-refractivity contribution >= 4 is 6.29 Å². The number of benzene rings is 4. The quantitative estimate of drug-likeness (QED) is 0.215. The van der Waals surface area contributed by atoms with Crippen LogP contribution in [0.2, 0.25) is 0 Å². The van der Waals surface area contributed by atoms with E-state index >= 15 is 0 Å². The third-order valence-electron chi connectivity index (χ3n) is 6.52. The van der Waals surface area contributed by atoms with Gasteiger partial charge in [-0.1, -0.05) is 84.9 Å². The summed E-state index contributed by atoms with van der Waals surface area (Å²) in [5.41, 5.74) is 8.90. The maximum absolute atomic E-state index is 11.4. The summed E-state index contributed by atoms with van der Waals surface area (Å²) >= 11 is 0. The van der Waals surface area contributed by atoms with Gasteiger partial charge in [-0.2, -0.15) is 0 Å². The third-order valence-corrected chi connectivity index (χ3v) is 6.52. The van der Waals surface area contributed by atoms with Gasteiger partial charge in [0, 0.05) is 16.8 Å². The Kier molecular flexibility index (Phi) is 7.18. The molecule has 1 N–H and O–H groups in total. The number of H-pyrrole nitrogens is 1. The number of aromatic nitrogens is 1. The van der Waals surface area contributed by atoms with Crippen molar-refractivity contribution in [2.75, 3.05) is 0 Å². The maximum Gasteiger partial charge on any atom is 0.166 e. The fraction of sp³-hybridized carbons (Fsp3) is 0.121. The van der Waals surface area contributed by atoms with Crippen LogP contribution in [0.25, 0.3) is 22.3 Å². The summed E-state index contributed by atoms with van der Waals surface area (Å²) in [5.74, 6) is 1.57. The molecule has 4 heteroatoms. The molecule has 0 aliphatic rings. The minimum Gasteiger partial charge on any atom is -0.489 e. The van der Waals surface area contributed by atoms with Gasteiger partial charge in [0.05, 0.1) is 5.69 Å². The average molecular weight is 488 g/mol. The molecule has 0 bridgehead atoms. The molecule has 0 saturated carbocycles. The van der Waals surface area contributed by atoms with Crippen molar-refractivity contribution in [3.63, 3.8) is 0 Å². The van der Waals surface area contributed by atoms with Crippen molar-refractivity contribution in [1.29, 1.82) is 0 Å². The van der Waals surface area contributed by atoms with Crippen LogP contribution in [-0.4, -0.2) is 11.3 Å². The number of aldehydes is 1. The molecule has 0 aliphatic carbocycles. The smallest absolute Gasteiger partial charge is 0.166 e. The van der Waals surface area contributed by atoms with Gasteiger partial charge in [0.1, 0.15) is 24.7 Å². The molecule has 0 amide bonds. The van der Waals surface area contributed by atoms with E-state index in [-0.39, 0.29) is 0 Å². The Morgan fingerprint density at radius 2 is 1.30 bits per heavy atom. The number of aryl methyl sites for hydroxylation is 1. The number of carbonyl (C=O) groups excluding carboxylic acids is 1. The second kappa shape index (κ2) is 11.0. The third kappa shape index (κ3) is 5.49. The van der Waals surface area contributed by atoms with Gasteiger partial charge >= 0.3 is 0 Å². The van der Waals surface area contributed by atoms with Gasteiger partial charge in [0.15, 0.2) is 6.29 Å². The van der Waals surface area contributed by atoms with Crippen molar-refractivity contribution in [2.45, 2.75) is 27.1 Å². The Labute approximate surface area is 217 Å². The molecule has 4 nitrogen and oxygen atoms in total. The highest BCUT2D eigenvalue weighted by atomic mass is 16.5. The number of rotatable bonds is 9. The summed E-state index contributed by atoms with van der Waals surface area (Å²) in [4.78, 5) is 14.6. The number of nitrogens with one attached hydrogen (secondary N) is 1. The lowest BCUT2D eigenvalue weighted by atomic mass is 9.97. The molecule has 0 saturated heterocycles. The summed E-state index contributed by atoms with van der Waals surface area (Å²) in [6, 6.07) is 34.6. The Hall–Kier alpha value is -4.57.